The van der Waals surface area contributed by atoms with E-state index >= 15 is 0 Å². The first-order chi connectivity index (χ1) is 9.21. The number of aliphatic hydroxyl groups excluding tert-OH is 1. The molecule has 0 bridgehead atoms. The molecule has 100 valence electrons. The summed E-state index contributed by atoms with van der Waals surface area (Å²) in [6.45, 7) is 4.44. The van der Waals surface area contributed by atoms with Crippen molar-refractivity contribution in [2.75, 3.05) is 0 Å². The molecule has 0 aliphatic heterocycles. The van der Waals surface area contributed by atoms with Crippen LogP contribution in [-0.4, -0.2) is 9.67 Å². The molecule has 0 aliphatic carbocycles. The van der Waals surface area contributed by atoms with Crippen molar-refractivity contribution in [1.82, 2.24) is 4.57 Å². The van der Waals surface area contributed by atoms with E-state index in [1.807, 2.05) is 25.1 Å². The van der Waals surface area contributed by atoms with E-state index in [0.29, 0.717) is 12.1 Å². The van der Waals surface area contributed by atoms with Gasteiger partial charge in [0.2, 0.25) is 0 Å². The fourth-order valence-corrected chi connectivity index (χ4v) is 2.22. The second-order valence-electron chi connectivity index (χ2n) is 4.50. The Morgan fingerprint density at radius 3 is 2.26 bits per heavy atom. The maximum atomic E-state index is 12.2. The molecular formula is C16H19NO2. The highest BCUT2D eigenvalue weighted by Gasteiger charge is 2.08. The molecule has 0 amide bonds. The summed E-state index contributed by atoms with van der Waals surface area (Å²) in [4.78, 5) is 12.2. The molecule has 19 heavy (non-hydrogen) atoms. The van der Waals surface area contributed by atoms with Gasteiger partial charge in [-0.25, -0.2) is 0 Å². The Kier molecular flexibility index (Phi) is 4.17. The third-order valence-corrected chi connectivity index (χ3v) is 3.40. The zero-order chi connectivity index (χ0) is 13.8. The van der Waals surface area contributed by atoms with Gasteiger partial charge in [0.05, 0.1) is 12.3 Å². The smallest absolute Gasteiger partial charge is 0.256 e. The topological polar surface area (TPSA) is 42.2 Å². The van der Waals surface area contributed by atoms with E-state index < -0.39 is 0 Å². The van der Waals surface area contributed by atoms with Gasteiger partial charge < -0.3 is 9.67 Å². The number of benzene rings is 1. The molecule has 3 nitrogen and oxygen atoms in total. The largest absolute Gasteiger partial charge is 0.391 e. The van der Waals surface area contributed by atoms with Gasteiger partial charge in [0.25, 0.3) is 5.56 Å². The average molecular weight is 257 g/mol. The molecular weight excluding hydrogens is 238 g/mol. The predicted octanol–water partition coefficient (Wildman–Crippen LogP) is 2.59. The van der Waals surface area contributed by atoms with E-state index in [0.717, 1.165) is 17.7 Å². The van der Waals surface area contributed by atoms with Crippen LogP contribution in [0.5, 0.6) is 0 Å². The van der Waals surface area contributed by atoms with Crippen molar-refractivity contribution in [3.05, 3.63) is 57.9 Å². The number of pyridine rings is 1. The molecule has 0 aliphatic rings. The zero-order valence-electron chi connectivity index (χ0n) is 11.4. The van der Waals surface area contributed by atoms with E-state index in [2.05, 4.69) is 19.1 Å². The normalized spacial score (nSPS) is 10.7. The van der Waals surface area contributed by atoms with Crippen LogP contribution >= 0.6 is 0 Å². The van der Waals surface area contributed by atoms with Gasteiger partial charge in [0.15, 0.2) is 0 Å². The Balaban J connectivity index is 2.55. The van der Waals surface area contributed by atoms with Crippen molar-refractivity contribution in [3.63, 3.8) is 0 Å². The third-order valence-electron chi connectivity index (χ3n) is 3.40. The molecule has 0 radical (unpaired) electrons. The highest BCUT2D eigenvalue weighted by atomic mass is 16.3. The lowest BCUT2D eigenvalue weighted by molar-refractivity contribution is 0.279. The predicted molar refractivity (Wildman–Crippen MR) is 77.1 cm³/mol. The van der Waals surface area contributed by atoms with Crippen molar-refractivity contribution in [1.29, 1.82) is 0 Å². The summed E-state index contributed by atoms with van der Waals surface area (Å²) in [6, 6.07) is 11.9. The maximum absolute atomic E-state index is 12.2. The molecule has 0 saturated carbocycles. The van der Waals surface area contributed by atoms with Crippen molar-refractivity contribution in [2.45, 2.75) is 33.4 Å². The minimum Gasteiger partial charge on any atom is -0.391 e. The Hall–Kier alpha value is -1.87. The number of rotatable bonds is 4. The lowest BCUT2D eigenvalue weighted by atomic mass is 10.1. The van der Waals surface area contributed by atoms with Crippen LogP contribution < -0.4 is 5.56 Å². The molecule has 0 unspecified atom stereocenters. The average Bonchev–Trinajstić information content (AvgIpc) is 2.47. The lowest BCUT2D eigenvalue weighted by Crippen LogP contribution is -2.24. The van der Waals surface area contributed by atoms with Crippen LogP contribution in [0.1, 0.15) is 25.0 Å². The summed E-state index contributed by atoms with van der Waals surface area (Å²) >= 11 is 0. The highest BCUT2D eigenvalue weighted by molar-refractivity contribution is 5.60. The van der Waals surface area contributed by atoms with Gasteiger partial charge in [0.1, 0.15) is 0 Å². The van der Waals surface area contributed by atoms with Gasteiger partial charge >= 0.3 is 0 Å². The first-order valence-corrected chi connectivity index (χ1v) is 6.64. The van der Waals surface area contributed by atoms with E-state index in [1.54, 1.807) is 10.6 Å². The van der Waals surface area contributed by atoms with E-state index in [4.69, 9.17) is 5.11 Å². The summed E-state index contributed by atoms with van der Waals surface area (Å²) in [5.74, 6) is 0. The Morgan fingerprint density at radius 1 is 1.05 bits per heavy atom. The first-order valence-electron chi connectivity index (χ1n) is 6.64. The number of nitrogens with zero attached hydrogens (tertiary/aromatic N) is 1. The van der Waals surface area contributed by atoms with Crippen molar-refractivity contribution in [2.24, 2.45) is 0 Å². The first kappa shape index (κ1) is 13.6. The second kappa shape index (κ2) is 5.85. The van der Waals surface area contributed by atoms with Gasteiger partial charge in [-0.15, -0.1) is 0 Å². The number of hydrogen-bond donors (Lipinski definition) is 1. The standard InChI is InChI=1S/C16H19NO2/c1-3-12-5-7-13(8-6-12)15-10-9-14(11-18)16(19)17(15)4-2/h5-10,18H,3-4,11H2,1-2H3. The molecule has 2 aromatic rings. The summed E-state index contributed by atoms with van der Waals surface area (Å²) in [5.41, 5.74) is 3.53. The minimum atomic E-state index is -0.214. The quantitative estimate of drug-likeness (QED) is 0.914. The summed E-state index contributed by atoms with van der Waals surface area (Å²) in [7, 11) is 0. The summed E-state index contributed by atoms with van der Waals surface area (Å²) in [5, 5.41) is 9.15. The van der Waals surface area contributed by atoms with Gasteiger partial charge in [-0.2, -0.15) is 0 Å². The van der Waals surface area contributed by atoms with Gasteiger partial charge in [-0.1, -0.05) is 31.2 Å². The monoisotopic (exact) mass is 257 g/mol. The van der Waals surface area contributed by atoms with E-state index in [-0.39, 0.29) is 12.2 Å². The Bertz CT molecular complexity index is 612. The fourth-order valence-electron chi connectivity index (χ4n) is 2.22. The van der Waals surface area contributed by atoms with E-state index in [9.17, 15) is 4.79 Å². The number of aromatic nitrogens is 1. The molecule has 1 aromatic heterocycles. The van der Waals surface area contributed by atoms with Gasteiger partial charge in [0, 0.05) is 12.1 Å². The second-order valence-corrected chi connectivity index (χ2v) is 4.50. The fraction of sp³-hybridized carbons (Fsp3) is 0.312. The molecule has 1 N–H and O–H groups in total. The summed E-state index contributed by atoms with van der Waals surface area (Å²) in [6.07, 6.45) is 1.00. The van der Waals surface area contributed by atoms with Crippen LogP contribution in [0.15, 0.2) is 41.2 Å². The van der Waals surface area contributed by atoms with Crippen LogP contribution in [0, 0.1) is 0 Å². The highest BCUT2D eigenvalue weighted by Crippen LogP contribution is 2.19. The van der Waals surface area contributed by atoms with Gasteiger partial charge in [-0.3, -0.25) is 4.79 Å². The minimum absolute atomic E-state index is 0.109. The lowest BCUT2D eigenvalue weighted by Gasteiger charge is -2.12. The molecule has 2 rings (SSSR count). The van der Waals surface area contributed by atoms with Crippen LogP contribution in [0.3, 0.4) is 0 Å². The number of aryl methyl sites for hydroxylation is 1. The molecule has 3 heteroatoms. The van der Waals surface area contributed by atoms with Crippen molar-refractivity contribution in [3.8, 4) is 11.3 Å². The van der Waals surface area contributed by atoms with Crippen LogP contribution in [0.4, 0.5) is 0 Å². The van der Waals surface area contributed by atoms with E-state index in [1.165, 1.54) is 5.56 Å². The van der Waals surface area contributed by atoms with Crippen LogP contribution in [-0.2, 0) is 19.6 Å². The molecule has 1 heterocycles. The molecule has 0 fully saturated rings. The number of aliphatic hydroxyl groups is 1. The Morgan fingerprint density at radius 2 is 1.74 bits per heavy atom. The zero-order valence-corrected chi connectivity index (χ0v) is 11.4. The SMILES string of the molecule is CCc1ccc(-c2ccc(CO)c(=O)n2CC)cc1. The molecule has 0 atom stereocenters. The number of hydrogen-bond acceptors (Lipinski definition) is 2. The molecule has 0 saturated heterocycles. The Labute approximate surface area is 113 Å². The van der Waals surface area contributed by atoms with Crippen molar-refractivity contribution < 1.29 is 5.11 Å². The van der Waals surface area contributed by atoms with Crippen molar-refractivity contribution >= 4 is 0 Å². The molecule has 1 aromatic carbocycles. The molecule has 0 spiro atoms. The maximum Gasteiger partial charge on any atom is 0.256 e. The van der Waals surface area contributed by atoms with Crippen LogP contribution in [0.2, 0.25) is 0 Å². The van der Waals surface area contributed by atoms with Crippen LogP contribution in [0.25, 0.3) is 11.3 Å². The summed E-state index contributed by atoms with van der Waals surface area (Å²) < 4.78 is 1.70. The third kappa shape index (κ3) is 2.61. The van der Waals surface area contributed by atoms with Gasteiger partial charge in [-0.05, 0) is 36.6 Å².